The quantitative estimate of drug-likeness (QED) is 0.718. The number of nitrogens with one attached hydrogen (secondary N) is 1. The minimum atomic E-state index is -0.548. The molecule has 1 aliphatic rings. The SMILES string of the molecule is CC1=C(C(=O)OCc2ccccc2)C(c2ccc(F)cc2)n2ncnc2N1. The number of nitrogens with zero attached hydrogens (tertiary/aromatic N) is 3. The summed E-state index contributed by atoms with van der Waals surface area (Å²) in [7, 11) is 0. The van der Waals surface area contributed by atoms with Crippen LogP contribution in [0.5, 0.6) is 0 Å². The zero-order valence-corrected chi connectivity index (χ0v) is 14.6. The molecule has 27 heavy (non-hydrogen) atoms. The number of carbonyl (C=O) groups excluding carboxylic acids is 1. The van der Waals surface area contributed by atoms with Gasteiger partial charge in [-0.2, -0.15) is 10.1 Å². The van der Waals surface area contributed by atoms with Crippen molar-refractivity contribution < 1.29 is 13.9 Å². The summed E-state index contributed by atoms with van der Waals surface area (Å²) in [4.78, 5) is 17.1. The topological polar surface area (TPSA) is 69.0 Å². The van der Waals surface area contributed by atoms with Crippen molar-refractivity contribution in [2.24, 2.45) is 0 Å². The number of rotatable bonds is 4. The maximum Gasteiger partial charge on any atom is 0.338 e. The van der Waals surface area contributed by atoms with Crippen LogP contribution in [0.15, 0.2) is 72.2 Å². The average Bonchev–Trinajstić information content (AvgIpc) is 3.14. The van der Waals surface area contributed by atoms with Gasteiger partial charge >= 0.3 is 5.97 Å². The second kappa shape index (κ2) is 7.03. The molecule has 1 aliphatic heterocycles. The average molecular weight is 364 g/mol. The Morgan fingerprint density at radius 1 is 1.19 bits per heavy atom. The molecule has 0 radical (unpaired) electrons. The van der Waals surface area contributed by atoms with Crippen LogP contribution in [0.3, 0.4) is 0 Å². The minimum Gasteiger partial charge on any atom is -0.457 e. The Morgan fingerprint density at radius 2 is 1.93 bits per heavy atom. The van der Waals surface area contributed by atoms with Gasteiger partial charge in [0.05, 0.1) is 5.57 Å². The molecule has 3 aromatic rings. The number of hydrogen-bond donors (Lipinski definition) is 1. The number of anilines is 1. The number of aromatic nitrogens is 3. The molecule has 1 N–H and O–H groups in total. The molecule has 7 heteroatoms. The third kappa shape index (κ3) is 3.31. The highest BCUT2D eigenvalue weighted by Gasteiger charge is 2.34. The van der Waals surface area contributed by atoms with E-state index < -0.39 is 12.0 Å². The molecule has 0 spiro atoms. The lowest BCUT2D eigenvalue weighted by Crippen LogP contribution is -2.29. The van der Waals surface area contributed by atoms with E-state index in [4.69, 9.17) is 4.74 Å². The number of halogens is 1. The summed E-state index contributed by atoms with van der Waals surface area (Å²) in [6.07, 6.45) is 1.41. The molecular weight excluding hydrogens is 347 g/mol. The summed E-state index contributed by atoms with van der Waals surface area (Å²) in [6, 6.07) is 14.9. The lowest BCUT2D eigenvalue weighted by Gasteiger charge is -2.28. The number of esters is 1. The summed E-state index contributed by atoms with van der Waals surface area (Å²) < 4.78 is 20.5. The Kier molecular flexibility index (Phi) is 4.42. The molecule has 0 bridgehead atoms. The van der Waals surface area contributed by atoms with Gasteiger partial charge in [-0.1, -0.05) is 42.5 Å². The van der Waals surface area contributed by atoms with E-state index in [0.29, 0.717) is 17.2 Å². The van der Waals surface area contributed by atoms with Crippen LogP contribution in [0.4, 0.5) is 10.3 Å². The van der Waals surface area contributed by atoms with Gasteiger partial charge in [-0.15, -0.1) is 0 Å². The van der Waals surface area contributed by atoms with E-state index in [0.717, 1.165) is 11.1 Å². The van der Waals surface area contributed by atoms with Crippen molar-refractivity contribution in [2.75, 3.05) is 5.32 Å². The zero-order chi connectivity index (χ0) is 18.8. The van der Waals surface area contributed by atoms with Crippen molar-refractivity contribution in [3.8, 4) is 0 Å². The number of hydrogen-bond acceptors (Lipinski definition) is 5. The molecule has 1 atom stereocenters. The van der Waals surface area contributed by atoms with Gasteiger partial charge in [0.1, 0.15) is 24.8 Å². The number of carbonyl (C=O) groups is 1. The first-order valence-corrected chi connectivity index (χ1v) is 8.47. The Hall–Kier alpha value is -3.48. The first-order valence-electron chi connectivity index (χ1n) is 8.47. The molecule has 136 valence electrons. The van der Waals surface area contributed by atoms with Crippen LogP contribution in [0.1, 0.15) is 24.1 Å². The fourth-order valence-corrected chi connectivity index (χ4v) is 3.11. The van der Waals surface area contributed by atoms with E-state index in [9.17, 15) is 9.18 Å². The Balaban J connectivity index is 1.67. The summed E-state index contributed by atoms with van der Waals surface area (Å²) in [5.41, 5.74) is 2.65. The van der Waals surface area contributed by atoms with Crippen LogP contribution in [-0.4, -0.2) is 20.7 Å². The maximum atomic E-state index is 13.4. The Bertz CT molecular complexity index is 996. The lowest BCUT2D eigenvalue weighted by atomic mass is 9.96. The third-order valence-corrected chi connectivity index (χ3v) is 4.41. The molecule has 0 aliphatic carbocycles. The number of allylic oxidation sites excluding steroid dienone is 1. The fraction of sp³-hybridized carbons (Fsp3) is 0.150. The molecule has 0 amide bonds. The molecule has 0 saturated heterocycles. The predicted octanol–water partition coefficient (Wildman–Crippen LogP) is 3.45. The standard InChI is InChI=1S/C20H17FN4O2/c1-13-17(19(26)27-11-14-5-3-2-4-6-14)18(15-7-9-16(21)10-8-15)25-20(24-13)22-12-23-25/h2-10,12,18H,11H2,1H3,(H,22,23,24). The van der Waals surface area contributed by atoms with E-state index in [-0.39, 0.29) is 12.4 Å². The summed E-state index contributed by atoms with van der Waals surface area (Å²) in [5, 5.41) is 7.30. The van der Waals surface area contributed by atoms with Crippen molar-refractivity contribution >= 4 is 11.9 Å². The van der Waals surface area contributed by atoms with Crippen molar-refractivity contribution in [1.29, 1.82) is 0 Å². The van der Waals surface area contributed by atoms with E-state index in [1.807, 2.05) is 30.3 Å². The molecule has 6 nitrogen and oxygen atoms in total. The van der Waals surface area contributed by atoms with E-state index in [1.54, 1.807) is 23.7 Å². The van der Waals surface area contributed by atoms with Crippen molar-refractivity contribution in [1.82, 2.24) is 14.8 Å². The maximum absolute atomic E-state index is 13.4. The van der Waals surface area contributed by atoms with Gasteiger partial charge in [0.15, 0.2) is 0 Å². The van der Waals surface area contributed by atoms with Gasteiger partial charge in [0.25, 0.3) is 0 Å². The highest BCUT2D eigenvalue weighted by atomic mass is 19.1. The number of fused-ring (bicyclic) bond motifs is 1. The molecule has 1 aromatic heterocycles. The van der Waals surface area contributed by atoms with Crippen molar-refractivity contribution in [3.63, 3.8) is 0 Å². The molecule has 2 heterocycles. The van der Waals surface area contributed by atoms with Crippen molar-refractivity contribution in [3.05, 3.63) is 89.1 Å². The van der Waals surface area contributed by atoms with Gasteiger partial charge in [0.2, 0.25) is 5.95 Å². The first-order chi connectivity index (χ1) is 13.1. The third-order valence-electron chi connectivity index (χ3n) is 4.41. The van der Waals surface area contributed by atoms with Crippen LogP contribution >= 0.6 is 0 Å². The van der Waals surface area contributed by atoms with Gasteiger partial charge < -0.3 is 10.1 Å². The lowest BCUT2D eigenvalue weighted by molar-refractivity contribution is -0.140. The fourth-order valence-electron chi connectivity index (χ4n) is 3.11. The smallest absolute Gasteiger partial charge is 0.338 e. The second-order valence-corrected chi connectivity index (χ2v) is 6.21. The normalized spacial score (nSPS) is 15.9. The second-order valence-electron chi connectivity index (χ2n) is 6.21. The molecule has 0 saturated carbocycles. The Morgan fingerprint density at radius 3 is 2.67 bits per heavy atom. The van der Waals surface area contributed by atoms with E-state index in [2.05, 4.69) is 15.4 Å². The molecule has 4 rings (SSSR count). The highest BCUT2D eigenvalue weighted by Crippen LogP contribution is 2.35. The van der Waals surface area contributed by atoms with Crippen LogP contribution in [0.25, 0.3) is 0 Å². The van der Waals surface area contributed by atoms with Gasteiger partial charge in [-0.3, -0.25) is 0 Å². The van der Waals surface area contributed by atoms with Gasteiger partial charge in [0, 0.05) is 5.70 Å². The number of ether oxygens (including phenoxy) is 1. The molecule has 0 fully saturated rings. The van der Waals surface area contributed by atoms with Gasteiger partial charge in [-0.25, -0.2) is 13.9 Å². The van der Waals surface area contributed by atoms with E-state index in [1.165, 1.54) is 18.5 Å². The summed E-state index contributed by atoms with van der Waals surface area (Å²) in [6.45, 7) is 1.95. The monoisotopic (exact) mass is 364 g/mol. The van der Waals surface area contributed by atoms with Gasteiger partial charge in [-0.05, 0) is 30.2 Å². The van der Waals surface area contributed by atoms with E-state index >= 15 is 0 Å². The van der Waals surface area contributed by atoms with Crippen LogP contribution in [0, 0.1) is 5.82 Å². The molecule has 2 aromatic carbocycles. The zero-order valence-electron chi connectivity index (χ0n) is 14.6. The largest absolute Gasteiger partial charge is 0.457 e. The Labute approximate surface area is 155 Å². The summed E-state index contributed by atoms with van der Waals surface area (Å²) in [5.74, 6) is -0.291. The molecular formula is C20H17FN4O2. The number of benzene rings is 2. The minimum absolute atomic E-state index is 0.163. The van der Waals surface area contributed by atoms with Crippen LogP contribution in [0.2, 0.25) is 0 Å². The first kappa shape index (κ1) is 17.0. The summed E-state index contributed by atoms with van der Waals surface area (Å²) >= 11 is 0. The van der Waals surface area contributed by atoms with Crippen molar-refractivity contribution in [2.45, 2.75) is 19.6 Å². The van der Waals surface area contributed by atoms with Crippen LogP contribution < -0.4 is 5.32 Å². The molecule has 1 unspecified atom stereocenters. The van der Waals surface area contributed by atoms with Crippen LogP contribution in [-0.2, 0) is 16.1 Å². The highest BCUT2D eigenvalue weighted by molar-refractivity contribution is 5.92. The predicted molar refractivity (Wildman–Crippen MR) is 97.1 cm³/mol.